The van der Waals surface area contributed by atoms with Crippen molar-refractivity contribution in [3.05, 3.63) is 0 Å². The maximum atomic E-state index is 8.43. The van der Waals surface area contributed by atoms with Gasteiger partial charge in [-0.2, -0.15) is 5.26 Å². The Hall–Kier alpha value is -0.270. The first-order valence-corrected chi connectivity index (χ1v) is 3.76. The van der Waals surface area contributed by atoms with Gasteiger partial charge in [-0.05, 0) is 12.2 Å². The first-order chi connectivity index (χ1) is 5.12. The predicted octanol–water partition coefficient (Wildman–Crippen LogP) is -2.31. The van der Waals surface area contributed by atoms with Gasteiger partial charge in [-0.15, -0.1) is 0 Å². The fraction of sp³-hybridized carbons (Fsp3) is 0.714. The Bertz CT molecular complexity index is 203. The van der Waals surface area contributed by atoms with Gasteiger partial charge in [-0.25, -0.2) is 4.99 Å². The molecule has 0 aromatic rings. The van der Waals surface area contributed by atoms with Gasteiger partial charge in [0.15, 0.2) is 6.54 Å². The van der Waals surface area contributed by atoms with E-state index >= 15 is 0 Å². The fourth-order valence-electron chi connectivity index (χ4n) is 0.637. The summed E-state index contributed by atoms with van der Waals surface area (Å²) in [6.45, 7) is 1.99. The average Bonchev–Trinajstić information content (AvgIpc) is 1.87. The number of aliphatic imine (C=N–C) groups is 1. The fourth-order valence-corrected chi connectivity index (χ4v) is 0.728. The topological polar surface area (TPSA) is 36.1 Å². The molecule has 0 aromatic heterocycles. The van der Waals surface area contributed by atoms with E-state index in [9.17, 15) is 0 Å². The molecule has 0 aromatic carbocycles. The van der Waals surface area contributed by atoms with Gasteiger partial charge in [0, 0.05) is 0 Å². The van der Waals surface area contributed by atoms with Crippen LogP contribution in [0.5, 0.6) is 0 Å². The molecule has 0 fully saturated rings. The van der Waals surface area contributed by atoms with Crippen molar-refractivity contribution in [1.29, 1.82) is 5.26 Å². The Balaban J connectivity index is 0. The number of thiocarbonyl (C=S) groups is 1. The van der Waals surface area contributed by atoms with Crippen LogP contribution in [-0.4, -0.2) is 43.4 Å². The van der Waals surface area contributed by atoms with Crippen LogP contribution >= 0.6 is 12.2 Å². The van der Waals surface area contributed by atoms with Crippen molar-refractivity contribution >= 4 is 17.4 Å². The summed E-state index contributed by atoms with van der Waals surface area (Å²) in [7, 11) is 3.98. The van der Waals surface area contributed by atoms with Crippen LogP contribution in [0.25, 0.3) is 0 Å². The molecule has 0 unspecified atom stereocenters. The maximum absolute atomic E-state index is 8.43. The number of isothiocyanates is 1. The summed E-state index contributed by atoms with van der Waals surface area (Å²) >= 11 is 4.42. The second-order valence-electron chi connectivity index (χ2n) is 2.95. The van der Waals surface area contributed by atoms with Crippen molar-refractivity contribution in [2.24, 2.45) is 4.99 Å². The Labute approximate surface area is 89.1 Å². The normalized spacial score (nSPS) is 9.08. The van der Waals surface area contributed by atoms with Gasteiger partial charge in [0.1, 0.15) is 6.07 Å². The van der Waals surface area contributed by atoms with Crippen molar-refractivity contribution in [1.82, 2.24) is 0 Å². The second kappa shape index (κ2) is 7.38. The quantitative estimate of drug-likeness (QED) is 0.243. The molecule has 12 heavy (non-hydrogen) atoms. The monoisotopic (exact) mass is 249 g/mol. The first-order valence-electron chi connectivity index (χ1n) is 3.35. The number of halogens is 1. The van der Waals surface area contributed by atoms with Crippen LogP contribution in [0.1, 0.15) is 0 Å². The van der Waals surface area contributed by atoms with Gasteiger partial charge in [0.05, 0.1) is 32.3 Å². The van der Waals surface area contributed by atoms with E-state index in [4.69, 9.17) is 5.26 Å². The highest BCUT2D eigenvalue weighted by Crippen LogP contribution is 1.93. The SMILES string of the molecule is C[N+](C)(CC#N)CCN=C=S.[Br-]. The molecule has 3 nitrogen and oxygen atoms in total. The van der Waals surface area contributed by atoms with Crippen molar-refractivity contribution in [2.45, 2.75) is 0 Å². The van der Waals surface area contributed by atoms with Crippen molar-refractivity contribution < 1.29 is 21.5 Å². The molecule has 0 N–H and O–H groups in total. The highest BCUT2D eigenvalue weighted by molar-refractivity contribution is 7.78. The second-order valence-corrected chi connectivity index (χ2v) is 3.13. The van der Waals surface area contributed by atoms with Crippen LogP contribution < -0.4 is 17.0 Å². The van der Waals surface area contributed by atoms with Gasteiger partial charge in [0.25, 0.3) is 0 Å². The summed E-state index contributed by atoms with van der Waals surface area (Å²) in [5.41, 5.74) is 0. The first kappa shape index (κ1) is 14.3. The number of nitriles is 1. The van der Waals surface area contributed by atoms with Crippen LogP contribution in [0.15, 0.2) is 4.99 Å². The zero-order valence-electron chi connectivity index (χ0n) is 7.25. The predicted molar refractivity (Wildman–Crippen MR) is 47.3 cm³/mol. The van der Waals surface area contributed by atoms with Gasteiger partial charge in [0.2, 0.25) is 0 Å². The van der Waals surface area contributed by atoms with Crippen LogP contribution in [0.2, 0.25) is 0 Å². The summed E-state index contributed by atoms with van der Waals surface area (Å²) in [4.78, 5) is 3.78. The van der Waals surface area contributed by atoms with Crippen molar-refractivity contribution in [3.8, 4) is 6.07 Å². The molecule has 0 aliphatic carbocycles. The van der Waals surface area contributed by atoms with Crippen molar-refractivity contribution in [2.75, 3.05) is 33.7 Å². The zero-order chi connectivity index (χ0) is 8.74. The van der Waals surface area contributed by atoms with Gasteiger partial charge < -0.3 is 21.5 Å². The summed E-state index contributed by atoms with van der Waals surface area (Å²) in [5.74, 6) is 0. The zero-order valence-corrected chi connectivity index (χ0v) is 9.65. The van der Waals surface area contributed by atoms with E-state index in [-0.39, 0.29) is 17.0 Å². The lowest BCUT2D eigenvalue weighted by molar-refractivity contribution is -0.881. The largest absolute Gasteiger partial charge is 1.00 e. The van der Waals surface area contributed by atoms with Crippen LogP contribution in [0.4, 0.5) is 0 Å². The van der Waals surface area contributed by atoms with E-state index < -0.39 is 0 Å². The highest BCUT2D eigenvalue weighted by Gasteiger charge is 2.12. The molecule has 0 bridgehead atoms. The molecule has 5 heteroatoms. The average molecular weight is 250 g/mol. The molecule has 0 aliphatic heterocycles. The number of hydrogen-bond donors (Lipinski definition) is 0. The summed E-state index contributed by atoms with van der Waals surface area (Å²) in [6, 6.07) is 2.12. The van der Waals surface area contributed by atoms with E-state index in [1.54, 1.807) is 0 Å². The minimum absolute atomic E-state index is 0. The van der Waals surface area contributed by atoms with Crippen LogP contribution in [0.3, 0.4) is 0 Å². The molecule has 0 heterocycles. The van der Waals surface area contributed by atoms with Gasteiger partial charge >= 0.3 is 0 Å². The Morgan fingerprint density at radius 3 is 2.50 bits per heavy atom. The number of hydrogen-bond acceptors (Lipinski definition) is 3. The number of likely N-dealkylation sites (N-methyl/N-ethyl adjacent to an activating group) is 1. The molecule has 0 atom stereocenters. The molecule has 0 saturated heterocycles. The minimum atomic E-state index is 0. The molecule has 0 rings (SSSR count). The van der Waals surface area contributed by atoms with Crippen molar-refractivity contribution in [3.63, 3.8) is 0 Å². The number of quaternary nitrogens is 1. The van der Waals surface area contributed by atoms with Crippen LogP contribution in [0, 0.1) is 11.3 Å². The van der Waals surface area contributed by atoms with Crippen LogP contribution in [-0.2, 0) is 0 Å². The van der Waals surface area contributed by atoms with E-state index in [2.05, 4.69) is 28.4 Å². The van der Waals surface area contributed by atoms with Gasteiger partial charge in [-0.1, -0.05) is 0 Å². The summed E-state index contributed by atoms with van der Waals surface area (Å²) < 4.78 is 0.664. The molecule has 0 radical (unpaired) electrons. The molecule has 0 spiro atoms. The van der Waals surface area contributed by atoms with E-state index in [1.165, 1.54) is 0 Å². The standard InChI is InChI=1S/C7H12N3S.BrH/c1-10(2,5-3-8)6-4-9-7-11;/h4-6H2,1-2H3;1H/q+1;/p-1. The maximum Gasteiger partial charge on any atom is 0.166 e. The third-order valence-corrected chi connectivity index (χ3v) is 1.51. The highest BCUT2D eigenvalue weighted by atomic mass is 79.9. The molecule has 0 aliphatic rings. The lowest BCUT2D eigenvalue weighted by Crippen LogP contribution is -3.00. The minimum Gasteiger partial charge on any atom is -1.00 e. The summed E-state index contributed by atoms with van der Waals surface area (Å²) in [6.07, 6.45) is 0. The number of nitrogens with zero attached hydrogens (tertiary/aromatic N) is 3. The smallest absolute Gasteiger partial charge is 0.166 e. The summed E-state index contributed by atoms with van der Waals surface area (Å²) in [5, 5.41) is 10.7. The van der Waals surface area contributed by atoms with E-state index in [0.29, 0.717) is 17.6 Å². The molecule has 0 amide bonds. The van der Waals surface area contributed by atoms with Gasteiger partial charge in [-0.3, -0.25) is 0 Å². The molecule has 0 saturated carbocycles. The number of rotatable bonds is 4. The third-order valence-electron chi connectivity index (χ3n) is 1.38. The Morgan fingerprint density at radius 1 is 1.50 bits per heavy atom. The molecular weight excluding hydrogens is 238 g/mol. The Morgan fingerprint density at radius 2 is 2.08 bits per heavy atom. The molecule has 68 valence electrons. The van der Waals surface area contributed by atoms with E-state index in [0.717, 1.165) is 6.54 Å². The lowest BCUT2D eigenvalue weighted by atomic mass is 10.4. The lowest BCUT2D eigenvalue weighted by Gasteiger charge is -2.25. The Kier molecular flexibility index (Phi) is 8.78. The van der Waals surface area contributed by atoms with E-state index in [1.807, 2.05) is 14.1 Å². The molecular formula is C7H12BrN3S. The third kappa shape index (κ3) is 7.83.